The molecule has 1 fully saturated rings. The normalized spacial score (nSPS) is 22.4. The van der Waals surface area contributed by atoms with Gasteiger partial charge >= 0.3 is 0 Å². The second-order valence-corrected chi connectivity index (χ2v) is 6.04. The SMILES string of the molecule is CC1CCC(Cn2nnnc2-c2cc(F)ccc2N)CC1. The molecule has 0 bridgehead atoms. The lowest BCUT2D eigenvalue weighted by molar-refractivity contribution is 0.257. The van der Waals surface area contributed by atoms with Crippen LogP contribution in [0.25, 0.3) is 11.4 Å². The highest BCUT2D eigenvalue weighted by atomic mass is 19.1. The third-order valence-electron chi connectivity index (χ3n) is 4.35. The average Bonchev–Trinajstić information content (AvgIpc) is 2.92. The zero-order valence-electron chi connectivity index (χ0n) is 12.2. The Morgan fingerprint density at radius 3 is 2.81 bits per heavy atom. The van der Waals surface area contributed by atoms with Gasteiger partial charge in [-0.3, -0.25) is 0 Å². The van der Waals surface area contributed by atoms with E-state index < -0.39 is 0 Å². The number of benzene rings is 1. The van der Waals surface area contributed by atoms with Gasteiger partial charge in [0.25, 0.3) is 0 Å². The van der Waals surface area contributed by atoms with Crippen molar-refractivity contribution >= 4 is 5.69 Å². The summed E-state index contributed by atoms with van der Waals surface area (Å²) in [5.74, 6) is 1.61. The number of rotatable bonds is 3. The van der Waals surface area contributed by atoms with E-state index in [-0.39, 0.29) is 5.82 Å². The Bertz CT molecular complexity index is 616. The van der Waals surface area contributed by atoms with Gasteiger partial charge in [-0.15, -0.1) is 5.10 Å². The molecule has 21 heavy (non-hydrogen) atoms. The molecule has 112 valence electrons. The molecular formula is C15H20FN5. The Labute approximate surface area is 123 Å². The summed E-state index contributed by atoms with van der Waals surface area (Å²) in [6, 6.07) is 4.28. The minimum atomic E-state index is -0.333. The lowest BCUT2D eigenvalue weighted by atomic mass is 9.83. The Hall–Kier alpha value is -1.98. The quantitative estimate of drug-likeness (QED) is 0.882. The van der Waals surface area contributed by atoms with Crippen molar-refractivity contribution in [3.05, 3.63) is 24.0 Å². The first kappa shape index (κ1) is 14.0. The molecule has 1 aliphatic carbocycles. The molecule has 0 aliphatic heterocycles. The summed E-state index contributed by atoms with van der Waals surface area (Å²) >= 11 is 0. The topological polar surface area (TPSA) is 69.6 Å². The molecule has 0 radical (unpaired) electrons. The first-order valence-corrected chi connectivity index (χ1v) is 7.45. The average molecular weight is 289 g/mol. The number of nitrogen functional groups attached to an aromatic ring is 1. The molecule has 3 rings (SSSR count). The first-order chi connectivity index (χ1) is 10.1. The Morgan fingerprint density at radius 2 is 2.05 bits per heavy atom. The van der Waals surface area contributed by atoms with Gasteiger partial charge in [-0.25, -0.2) is 9.07 Å². The highest BCUT2D eigenvalue weighted by Gasteiger charge is 2.21. The molecule has 2 N–H and O–H groups in total. The fourth-order valence-corrected chi connectivity index (χ4v) is 3.00. The fraction of sp³-hybridized carbons (Fsp3) is 0.533. The third kappa shape index (κ3) is 3.04. The minimum Gasteiger partial charge on any atom is -0.398 e. The van der Waals surface area contributed by atoms with Crippen LogP contribution in [0.3, 0.4) is 0 Å². The highest BCUT2D eigenvalue weighted by Crippen LogP contribution is 2.31. The number of nitrogens with two attached hydrogens (primary N) is 1. The summed E-state index contributed by atoms with van der Waals surface area (Å²) in [6.07, 6.45) is 4.90. The second-order valence-electron chi connectivity index (χ2n) is 6.04. The van der Waals surface area contributed by atoms with Crippen molar-refractivity contribution in [3.8, 4) is 11.4 Å². The minimum absolute atomic E-state index is 0.333. The molecule has 1 aliphatic rings. The van der Waals surface area contributed by atoms with Crippen molar-refractivity contribution in [2.75, 3.05) is 5.73 Å². The Kier molecular flexibility index (Phi) is 3.86. The van der Waals surface area contributed by atoms with Gasteiger partial charge in [0.05, 0.1) is 0 Å². The summed E-state index contributed by atoms with van der Waals surface area (Å²) in [5.41, 5.74) is 6.98. The molecule has 0 saturated heterocycles. The van der Waals surface area contributed by atoms with Crippen LogP contribution in [0.4, 0.5) is 10.1 Å². The standard InChI is InChI=1S/C15H20FN5/c1-10-2-4-11(5-3-10)9-21-15(18-19-20-21)13-8-12(16)6-7-14(13)17/h6-8,10-11H,2-5,9,17H2,1H3. The zero-order chi connectivity index (χ0) is 14.8. The van der Waals surface area contributed by atoms with Gasteiger partial charge in [0.1, 0.15) is 5.82 Å². The molecule has 2 aromatic rings. The predicted octanol–water partition coefficient (Wildman–Crippen LogP) is 2.89. The molecule has 0 spiro atoms. The maximum absolute atomic E-state index is 13.4. The van der Waals surface area contributed by atoms with Gasteiger partial charge < -0.3 is 5.73 Å². The summed E-state index contributed by atoms with van der Waals surface area (Å²) in [7, 11) is 0. The second kappa shape index (κ2) is 5.79. The van der Waals surface area contributed by atoms with Crippen LogP contribution < -0.4 is 5.73 Å². The summed E-state index contributed by atoms with van der Waals surface area (Å²) in [6.45, 7) is 3.07. The molecule has 0 atom stereocenters. The number of tetrazole rings is 1. The van der Waals surface area contributed by atoms with E-state index in [4.69, 9.17) is 5.73 Å². The van der Waals surface area contributed by atoms with Crippen molar-refractivity contribution in [1.82, 2.24) is 20.2 Å². The molecule has 1 saturated carbocycles. The Balaban J connectivity index is 1.82. The number of anilines is 1. The molecular weight excluding hydrogens is 269 g/mol. The van der Waals surface area contributed by atoms with E-state index in [1.807, 2.05) is 0 Å². The van der Waals surface area contributed by atoms with E-state index in [2.05, 4.69) is 22.4 Å². The Morgan fingerprint density at radius 1 is 1.29 bits per heavy atom. The van der Waals surface area contributed by atoms with Crippen molar-refractivity contribution in [2.45, 2.75) is 39.2 Å². The number of hydrogen-bond donors (Lipinski definition) is 1. The van der Waals surface area contributed by atoms with Gasteiger partial charge in [0, 0.05) is 17.8 Å². The molecule has 1 heterocycles. The highest BCUT2D eigenvalue weighted by molar-refractivity contribution is 5.71. The van der Waals surface area contributed by atoms with Gasteiger partial charge in [-0.2, -0.15) is 0 Å². The molecule has 0 unspecified atom stereocenters. The van der Waals surface area contributed by atoms with Gasteiger partial charge in [-0.05, 0) is 53.3 Å². The van der Waals surface area contributed by atoms with E-state index in [0.29, 0.717) is 23.0 Å². The van der Waals surface area contributed by atoms with Crippen molar-refractivity contribution in [2.24, 2.45) is 11.8 Å². The van der Waals surface area contributed by atoms with E-state index in [1.54, 1.807) is 10.7 Å². The van der Waals surface area contributed by atoms with Crippen LogP contribution in [0.5, 0.6) is 0 Å². The number of hydrogen-bond acceptors (Lipinski definition) is 4. The third-order valence-corrected chi connectivity index (χ3v) is 4.35. The molecule has 5 nitrogen and oxygen atoms in total. The monoisotopic (exact) mass is 289 g/mol. The predicted molar refractivity (Wildman–Crippen MR) is 78.7 cm³/mol. The number of nitrogens with zero attached hydrogens (tertiary/aromatic N) is 4. The zero-order valence-corrected chi connectivity index (χ0v) is 12.2. The van der Waals surface area contributed by atoms with Crippen molar-refractivity contribution < 1.29 is 4.39 Å². The molecule has 6 heteroatoms. The maximum Gasteiger partial charge on any atom is 0.184 e. The van der Waals surface area contributed by atoms with Crippen LogP contribution in [-0.4, -0.2) is 20.2 Å². The van der Waals surface area contributed by atoms with Gasteiger partial charge in [0.15, 0.2) is 5.82 Å². The van der Waals surface area contributed by atoms with Gasteiger partial charge in [0.2, 0.25) is 0 Å². The van der Waals surface area contributed by atoms with Crippen LogP contribution in [0.1, 0.15) is 32.6 Å². The van der Waals surface area contributed by atoms with Crippen molar-refractivity contribution in [1.29, 1.82) is 0 Å². The van der Waals surface area contributed by atoms with E-state index >= 15 is 0 Å². The van der Waals surface area contributed by atoms with Crippen LogP contribution in [0.15, 0.2) is 18.2 Å². The molecule has 0 amide bonds. The van der Waals surface area contributed by atoms with Crippen LogP contribution in [0.2, 0.25) is 0 Å². The maximum atomic E-state index is 13.4. The van der Waals surface area contributed by atoms with E-state index in [0.717, 1.165) is 12.5 Å². The van der Waals surface area contributed by atoms with E-state index in [1.165, 1.54) is 37.8 Å². The fourth-order valence-electron chi connectivity index (χ4n) is 3.00. The lowest BCUT2D eigenvalue weighted by Gasteiger charge is -2.26. The van der Waals surface area contributed by atoms with Crippen LogP contribution >= 0.6 is 0 Å². The molecule has 1 aromatic heterocycles. The first-order valence-electron chi connectivity index (χ1n) is 7.45. The number of halogens is 1. The van der Waals surface area contributed by atoms with E-state index in [9.17, 15) is 4.39 Å². The van der Waals surface area contributed by atoms with Crippen molar-refractivity contribution in [3.63, 3.8) is 0 Å². The summed E-state index contributed by atoms with van der Waals surface area (Å²) in [4.78, 5) is 0. The molecule has 1 aromatic carbocycles. The number of aromatic nitrogens is 4. The largest absolute Gasteiger partial charge is 0.398 e. The summed E-state index contributed by atoms with van der Waals surface area (Å²) in [5, 5.41) is 11.8. The van der Waals surface area contributed by atoms with Crippen LogP contribution in [-0.2, 0) is 6.54 Å². The van der Waals surface area contributed by atoms with Crippen LogP contribution in [0, 0.1) is 17.7 Å². The summed E-state index contributed by atoms with van der Waals surface area (Å²) < 4.78 is 15.2. The van der Waals surface area contributed by atoms with Gasteiger partial charge in [-0.1, -0.05) is 19.8 Å². The smallest absolute Gasteiger partial charge is 0.184 e. The lowest BCUT2D eigenvalue weighted by Crippen LogP contribution is -2.19.